The fourth-order valence-corrected chi connectivity index (χ4v) is 3.05. The summed E-state index contributed by atoms with van der Waals surface area (Å²) in [4.78, 5) is 12.8. The number of halogens is 1. The van der Waals surface area contributed by atoms with Gasteiger partial charge in [-0.15, -0.1) is 0 Å². The average molecular weight is 375 g/mol. The number of anilines is 1. The Labute approximate surface area is 126 Å². The molecule has 6 heteroatoms. The molecule has 1 atom stereocenters. The maximum absolute atomic E-state index is 10.7. The summed E-state index contributed by atoms with van der Waals surface area (Å²) in [5.74, 6) is 0. The molecule has 0 spiro atoms. The third-order valence-corrected chi connectivity index (χ3v) is 4.19. The second kappa shape index (κ2) is 6.51. The van der Waals surface area contributed by atoms with Gasteiger partial charge in [0.2, 0.25) is 0 Å². The van der Waals surface area contributed by atoms with E-state index in [1.54, 1.807) is 18.2 Å². The summed E-state index contributed by atoms with van der Waals surface area (Å²) < 4.78 is 0.889. The lowest BCUT2D eigenvalue weighted by molar-refractivity contribution is -0.384. The van der Waals surface area contributed by atoms with Crippen molar-refractivity contribution in [2.24, 2.45) is 0 Å². The van der Waals surface area contributed by atoms with Crippen molar-refractivity contribution in [1.29, 1.82) is 0 Å². The molecule has 104 valence electrons. The summed E-state index contributed by atoms with van der Waals surface area (Å²) in [6.45, 7) is 5.54. The Hall–Kier alpha value is -0.890. The zero-order valence-electron chi connectivity index (χ0n) is 10.9. The van der Waals surface area contributed by atoms with Gasteiger partial charge in [-0.25, -0.2) is 0 Å². The number of non-ortho nitro benzene ring substituents is 1. The number of rotatable bonds is 5. The number of benzene rings is 1. The van der Waals surface area contributed by atoms with Crippen LogP contribution < -0.4 is 5.32 Å². The Bertz CT molecular complexity index is 461. The first-order chi connectivity index (χ1) is 9.06. The molecular weight excluding hydrogens is 357 g/mol. The number of hydrogen-bond acceptors (Lipinski definition) is 4. The van der Waals surface area contributed by atoms with Crippen molar-refractivity contribution in [3.63, 3.8) is 0 Å². The zero-order chi connectivity index (χ0) is 13.8. The van der Waals surface area contributed by atoms with Crippen LogP contribution in [0.4, 0.5) is 11.4 Å². The molecule has 1 aliphatic heterocycles. The molecule has 1 aromatic rings. The maximum atomic E-state index is 10.7. The minimum absolute atomic E-state index is 0.141. The largest absolute Gasteiger partial charge is 0.380 e. The van der Waals surface area contributed by atoms with Gasteiger partial charge >= 0.3 is 0 Å². The summed E-state index contributed by atoms with van der Waals surface area (Å²) in [7, 11) is 0. The summed E-state index contributed by atoms with van der Waals surface area (Å²) >= 11 is 2.14. The third-order valence-electron chi connectivity index (χ3n) is 3.30. The molecule has 5 nitrogen and oxygen atoms in total. The SMILES string of the molecule is CC(CN1CCCC1)Nc1ccc([N+](=O)[O-])cc1I. The van der Waals surface area contributed by atoms with E-state index in [0.29, 0.717) is 6.04 Å². The molecular formula is C13H18IN3O2. The molecule has 1 aromatic carbocycles. The van der Waals surface area contributed by atoms with Gasteiger partial charge in [0.25, 0.3) is 5.69 Å². The molecule has 0 aromatic heterocycles. The minimum atomic E-state index is -0.362. The number of likely N-dealkylation sites (tertiary alicyclic amines) is 1. The predicted molar refractivity (Wildman–Crippen MR) is 84.6 cm³/mol. The molecule has 19 heavy (non-hydrogen) atoms. The van der Waals surface area contributed by atoms with Crippen molar-refractivity contribution in [3.05, 3.63) is 31.9 Å². The van der Waals surface area contributed by atoms with Crippen LogP contribution in [-0.4, -0.2) is 35.5 Å². The molecule has 1 unspecified atom stereocenters. The fraction of sp³-hybridized carbons (Fsp3) is 0.538. The lowest BCUT2D eigenvalue weighted by atomic mass is 10.2. The van der Waals surface area contributed by atoms with Gasteiger partial charge in [0.15, 0.2) is 0 Å². The summed E-state index contributed by atoms with van der Waals surface area (Å²) in [6, 6.07) is 5.28. The van der Waals surface area contributed by atoms with Gasteiger partial charge in [-0.2, -0.15) is 0 Å². The molecule has 0 aliphatic carbocycles. The predicted octanol–water partition coefficient (Wildman–Crippen LogP) is 3.10. The number of nitrogens with one attached hydrogen (secondary N) is 1. The number of nitrogens with zero attached hydrogens (tertiary/aromatic N) is 2. The lowest BCUT2D eigenvalue weighted by Crippen LogP contribution is -2.33. The van der Waals surface area contributed by atoms with Crippen molar-refractivity contribution < 1.29 is 4.92 Å². The van der Waals surface area contributed by atoms with Crippen molar-refractivity contribution in [2.75, 3.05) is 25.0 Å². The van der Waals surface area contributed by atoms with Gasteiger partial charge in [0, 0.05) is 34.0 Å². The molecule has 1 aliphatic rings. The molecule has 0 radical (unpaired) electrons. The third kappa shape index (κ3) is 4.04. The Kier molecular flexibility index (Phi) is 4.98. The minimum Gasteiger partial charge on any atom is -0.380 e. The molecule has 1 heterocycles. The summed E-state index contributed by atoms with van der Waals surface area (Å²) in [5, 5.41) is 14.1. The number of hydrogen-bond donors (Lipinski definition) is 1. The smallest absolute Gasteiger partial charge is 0.270 e. The van der Waals surface area contributed by atoms with Gasteiger partial charge in [-0.1, -0.05) is 0 Å². The van der Waals surface area contributed by atoms with E-state index in [9.17, 15) is 10.1 Å². The van der Waals surface area contributed by atoms with Gasteiger partial charge in [0.05, 0.1) is 4.92 Å². The van der Waals surface area contributed by atoms with Gasteiger partial charge in [0.1, 0.15) is 0 Å². The van der Waals surface area contributed by atoms with Crippen molar-refractivity contribution >= 4 is 34.0 Å². The molecule has 0 saturated carbocycles. The maximum Gasteiger partial charge on any atom is 0.270 e. The van der Waals surface area contributed by atoms with Crippen molar-refractivity contribution in [1.82, 2.24) is 4.90 Å². The molecule has 0 bridgehead atoms. The second-order valence-electron chi connectivity index (χ2n) is 4.97. The first-order valence-corrected chi connectivity index (χ1v) is 7.57. The first kappa shape index (κ1) is 14.5. The van der Waals surface area contributed by atoms with E-state index in [-0.39, 0.29) is 10.6 Å². The highest BCUT2D eigenvalue weighted by Gasteiger charge is 2.16. The molecule has 0 amide bonds. The Balaban J connectivity index is 1.96. The zero-order valence-corrected chi connectivity index (χ0v) is 13.1. The fourth-order valence-electron chi connectivity index (χ4n) is 2.40. The second-order valence-corrected chi connectivity index (χ2v) is 6.14. The highest BCUT2D eigenvalue weighted by molar-refractivity contribution is 14.1. The van der Waals surface area contributed by atoms with E-state index < -0.39 is 0 Å². The normalized spacial score (nSPS) is 17.4. The van der Waals surface area contributed by atoms with Crippen LogP contribution in [0.25, 0.3) is 0 Å². The van der Waals surface area contributed by atoms with Crippen LogP contribution in [-0.2, 0) is 0 Å². The Morgan fingerprint density at radius 1 is 1.47 bits per heavy atom. The van der Waals surface area contributed by atoms with Crippen LogP contribution in [0.3, 0.4) is 0 Å². The highest BCUT2D eigenvalue weighted by atomic mass is 127. The lowest BCUT2D eigenvalue weighted by Gasteiger charge is -2.22. The van der Waals surface area contributed by atoms with Crippen molar-refractivity contribution in [3.8, 4) is 0 Å². The van der Waals surface area contributed by atoms with Gasteiger partial charge < -0.3 is 10.2 Å². The Morgan fingerprint density at radius 2 is 2.16 bits per heavy atom. The number of nitro benzene ring substituents is 1. The van der Waals surface area contributed by atoms with E-state index in [1.165, 1.54) is 25.9 Å². The van der Waals surface area contributed by atoms with Crippen LogP contribution >= 0.6 is 22.6 Å². The van der Waals surface area contributed by atoms with E-state index in [0.717, 1.165) is 15.8 Å². The topological polar surface area (TPSA) is 58.4 Å². The quantitative estimate of drug-likeness (QED) is 0.488. The standard InChI is InChI=1S/C13H18IN3O2/c1-10(9-16-6-2-3-7-16)15-13-5-4-11(17(18)19)8-12(13)14/h4-5,8,10,15H,2-3,6-7,9H2,1H3. The van der Waals surface area contributed by atoms with E-state index in [4.69, 9.17) is 0 Å². The molecule has 1 saturated heterocycles. The molecule has 1 N–H and O–H groups in total. The van der Waals surface area contributed by atoms with Crippen LogP contribution in [0, 0.1) is 13.7 Å². The van der Waals surface area contributed by atoms with E-state index >= 15 is 0 Å². The summed E-state index contributed by atoms with van der Waals surface area (Å²) in [6.07, 6.45) is 2.59. The van der Waals surface area contributed by atoms with Crippen molar-refractivity contribution in [2.45, 2.75) is 25.8 Å². The monoisotopic (exact) mass is 375 g/mol. The first-order valence-electron chi connectivity index (χ1n) is 6.49. The van der Waals surface area contributed by atoms with Gasteiger partial charge in [-0.3, -0.25) is 10.1 Å². The van der Waals surface area contributed by atoms with Gasteiger partial charge in [-0.05, 0) is 61.5 Å². The summed E-state index contributed by atoms with van der Waals surface area (Å²) in [5.41, 5.74) is 1.11. The van der Waals surface area contributed by atoms with Crippen LogP contribution in [0.1, 0.15) is 19.8 Å². The van der Waals surface area contributed by atoms with E-state index in [1.807, 2.05) is 0 Å². The average Bonchev–Trinajstić information content (AvgIpc) is 2.84. The number of nitro groups is 1. The van der Waals surface area contributed by atoms with Crippen LogP contribution in [0.15, 0.2) is 18.2 Å². The van der Waals surface area contributed by atoms with E-state index in [2.05, 4.69) is 39.7 Å². The highest BCUT2D eigenvalue weighted by Crippen LogP contribution is 2.24. The van der Waals surface area contributed by atoms with Crippen LogP contribution in [0.2, 0.25) is 0 Å². The molecule has 1 fully saturated rings. The van der Waals surface area contributed by atoms with Crippen LogP contribution in [0.5, 0.6) is 0 Å². The molecule has 2 rings (SSSR count). The Morgan fingerprint density at radius 3 is 2.74 bits per heavy atom.